The Hall–Kier alpha value is -2.26. The van der Waals surface area contributed by atoms with Crippen LogP contribution in [0.2, 0.25) is 9.79 Å². The summed E-state index contributed by atoms with van der Waals surface area (Å²) in [6.07, 6.45) is 28.0. The van der Waals surface area contributed by atoms with Crippen molar-refractivity contribution in [1.29, 1.82) is 0 Å². The summed E-state index contributed by atoms with van der Waals surface area (Å²) in [7, 11) is 0. The second-order valence-electron chi connectivity index (χ2n) is 15.2. The summed E-state index contributed by atoms with van der Waals surface area (Å²) in [6, 6.07) is 13.8. The van der Waals surface area contributed by atoms with E-state index in [1.165, 1.54) is 139 Å². The molecular weight excluding hydrogens is 747 g/mol. The summed E-state index contributed by atoms with van der Waals surface area (Å²) in [6.45, 7) is 18.0. The molecule has 0 saturated heterocycles. The number of benzene rings is 2. The Balaban J connectivity index is 0.000000990. The van der Waals surface area contributed by atoms with Gasteiger partial charge in [-0.25, -0.2) is 4.70 Å². The maximum absolute atomic E-state index is 12.2. The monoisotopic (exact) mass is 827 g/mol. The van der Waals surface area contributed by atoms with Crippen LogP contribution in [0, 0.1) is 11.8 Å². The van der Waals surface area contributed by atoms with Crippen LogP contribution < -0.4 is 0 Å². The van der Waals surface area contributed by atoms with Gasteiger partial charge in [-0.2, -0.15) is 0 Å². The average molecular weight is 828 g/mol. The number of rotatable bonds is 26. The molecule has 1 aliphatic heterocycles. The quantitative estimate of drug-likeness (QED) is 0.0391. The van der Waals surface area contributed by atoms with Gasteiger partial charge in [-0.3, -0.25) is 0 Å². The fourth-order valence-corrected chi connectivity index (χ4v) is 9.29. The van der Waals surface area contributed by atoms with Gasteiger partial charge in [0.25, 0.3) is 0 Å². The van der Waals surface area contributed by atoms with Gasteiger partial charge in [0.1, 0.15) is 5.57 Å². The molecule has 0 aliphatic carbocycles. The minimum absolute atomic E-state index is 0.878. The van der Waals surface area contributed by atoms with Gasteiger partial charge in [0.2, 0.25) is 11.4 Å². The molecule has 0 N–H and O–H groups in total. The molecule has 1 heterocycles. The number of unbranched alkanes of at least 4 members (excludes halogenated alkanes) is 14. The van der Waals surface area contributed by atoms with E-state index in [1.54, 1.807) is 0 Å². The zero-order valence-corrected chi connectivity index (χ0v) is 37.9. The van der Waals surface area contributed by atoms with E-state index in [9.17, 15) is 5.53 Å². The first-order chi connectivity index (χ1) is 26.4. The fourth-order valence-electron chi connectivity index (χ4n) is 7.03. The van der Waals surface area contributed by atoms with E-state index in [-0.39, 0.29) is 0 Å². The number of nitrogens with zero attached hydrogens (tertiary/aromatic N) is 2. The van der Waals surface area contributed by atoms with Crippen molar-refractivity contribution in [1.82, 2.24) is 0 Å². The van der Waals surface area contributed by atoms with Crippen molar-refractivity contribution in [3.05, 3.63) is 86.5 Å². The normalized spacial score (nSPS) is 12.7. The molecule has 0 amide bonds. The van der Waals surface area contributed by atoms with Crippen LogP contribution >= 0.6 is 0 Å². The van der Waals surface area contributed by atoms with E-state index in [0.717, 1.165) is 97.4 Å². The first-order valence-electron chi connectivity index (χ1n) is 22.6. The molecule has 0 saturated carbocycles. The average Bonchev–Trinajstić information content (AvgIpc) is 3.48. The molecule has 3 rings (SSSR count). The second-order valence-corrected chi connectivity index (χ2v) is 17.6. The summed E-state index contributed by atoms with van der Waals surface area (Å²) in [5.41, 5.74) is 23.8. The molecule has 2 aromatic carbocycles. The molecule has 0 radical (unpaired) electrons. The molecule has 0 spiro atoms. The van der Waals surface area contributed by atoms with Crippen molar-refractivity contribution in [3.63, 3.8) is 0 Å². The first kappa shape index (κ1) is 47.9. The number of aryl methyl sites for hydroxylation is 4. The molecule has 304 valence electrons. The maximum atomic E-state index is 12.2. The molecule has 1 aliphatic rings. The van der Waals surface area contributed by atoms with Crippen LogP contribution in [0.4, 0.5) is 0 Å². The molecule has 2 aromatic rings. The SMILES string of the molecule is CCCCCCCCCC#CC1=C(c2cc(CC)cc(CC)c2)[N+](=[N-])C(c2cc(CC)cc(CC)c2)=C1CCCCCCCC.CCC[CH2][Pd][CH2]CCC. The Morgan fingerprint density at radius 1 is 0.481 bits per heavy atom. The van der Waals surface area contributed by atoms with Crippen LogP contribution in [0.15, 0.2) is 47.5 Å². The Labute approximate surface area is 343 Å². The van der Waals surface area contributed by atoms with Gasteiger partial charge in [0.05, 0.1) is 0 Å². The fraction of sp³-hybridized carbons (Fsp3) is 0.647. The first-order valence-corrected chi connectivity index (χ1v) is 24.8. The van der Waals surface area contributed by atoms with Crippen molar-refractivity contribution in [2.45, 2.75) is 213 Å². The van der Waals surface area contributed by atoms with E-state index in [0.29, 0.717) is 0 Å². The number of hydrogen-bond donors (Lipinski definition) is 0. The van der Waals surface area contributed by atoms with E-state index >= 15 is 0 Å². The van der Waals surface area contributed by atoms with Crippen molar-refractivity contribution in [3.8, 4) is 11.8 Å². The predicted molar refractivity (Wildman–Crippen MR) is 236 cm³/mol. The molecule has 0 unspecified atom stereocenters. The summed E-state index contributed by atoms with van der Waals surface area (Å²) in [4.78, 5) is 3.01. The molecule has 2 nitrogen and oxygen atoms in total. The summed E-state index contributed by atoms with van der Waals surface area (Å²) < 4.78 is 1.52. The van der Waals surface area contributed by atoms with Crippen molar-refractivity contribution in [2.75, 3.05) is 0 Å². The molecule has 0 fully saturated rings. The number of hydrogen-bond acceptors (Lipinski definition) is 0. The van der Waals surface area contributed by atoms with Crippen LogP contribution in [-0.4, -0.2) is 4.70 Å². The zero-order chi connectivity index (χ0) is 39.4. The van der Waals surface area contributed by atoms with Crippen LogP contribution in [0.5, 0.6) is 0 Å². The standard InChI is InChI=1S/C43H62N2.2C4H9.Pd/c1-7-13-15-17-19-20-21-23-25-27-41-40(26-24-22-18-16-14-8-2)42(38-30-34(9-3)28-35(10-4)31-38)45(44)43(41)39-32-36(11-5)29-37(12-6)33-39;2*1-3-4-2;/h28-33H,7-24,26H2,1-6H3;2*1,3-4H2,2H3;. The van der Waals surface area contributed by atoms with E-state index in [4.69, 9.17) is 0 Å². The molecule has 0 atom stereocenters. The summed E-state index contributed by atoms with van der Waals surface area (Å²) >= 11 is 1.07. The third kappa shape index (κ3) is 17.3. The Kier molecular flexibility index (Phi) is 26.6. The van der Waals surface area contributed by atoms with Crippen LogP contribution in [-0.2, 0) is 43.7 Å². The van der Waals surface area contributed by atoms with Gasteiger partial charge in [-0.15, -0.1) is 0 Å². The van der Waals surface area contributed by atoms with Gasteiger partial charge in [-0.1, -0.05) is 136 Å². The number of allylic oxidation sites excluding steroid dienone is 2. The van der Waals surface area contributed by atoms with Crippen LogP contribution in [0.3, 0.4) is 0 Å². The molecule has 0 bridgehead atoms. The zero-order valence-electron chi connectivity index (χ0n) is 36.4. The topological polar surface area (TPSA) is 25.3 Å². The van der Waals surface area contributed by atoms with Crippen LogP contribution in [0.25, 0.3) is 16.9 Å². The third-order valence-electron chi connectivity index (χ3n) is 10.6. The predicted octanol–water partition coefficient (Wildman–Crippen LogP) is 16.5. The minimum atomic E-state index is 0.878. The van der Waals surface area contributed by atoms with Gasteiger partial charge in [0, 0.05) is 23.1 Å². The Bertz CT molecular complexity index is 1430. The Morgan fingerprint density at radius 2 is 0.889 bits per heavy atom. The molecule has 54 heavy (non-hydrogen) atoms. The second kappa shape index (κ2) is 30.0. The summed E-state index contributed by atoms with van der Waals surface area (Å²) in [5.74, 6) is 7.28. The van der Waals surface area contributed by atoms with Gasteiger partial charge < -0.3 is 5.53 Å². The van der Waals surface area contributed by atoms with Crippen molar-refractivity contribution in [2.24, 2.45) is 0 Å². The molecular formula is C51H80N2Pd. The third-order valence-corrected chi connectivity index (χ3v) is 12.8. The summed E-state index contributed by atoms with van der Waals surface area (Å²) in [5, 5.41) is 0. The van der Waals surface area contributed by atoms with Gasteiger partial charge >= 0.3 is 67.3 Å². The molecule has 3 heteroatoms. The Morgan fingerprint density at radius 3 is 1.33 bits per heavy atom. The van der Waals surface area contributed by atoms with Crippen molar-refractivity contribution < 1.29 is 22.7 Å². The van der Waals surface area contributed by atoms with Crippen LogP contribution in [0.1, 0.15) is 211 Å². The van der Waals surface area contributed by atoms with Crippen molar-refractivity contribution >= 4 is 11.4 Å². The van der Waals surface area contributed by atoms with E-state index in [1.807, 2.05) is 0 Å². The van der Waals surface area contributed by atoms with E-state index in [2.05, 4.69) is 104 Å². The van der Waals surface area contributed by atoms with Gasteiger partial charge in [-0.05, 0) is 91.5 Å². The van der Waals surface area contributed by atoms with Gasteiger partial charge in [0.15, 0.2) is 0 Å². The molecule has 0 aromatic heterocycles. The van der Waals surface area contributed by atoms with E-state index < -0.39 is 0 Å².